The Morgan fingerprint density at radius 2 is 1.78 bits per heavy atom. The zero-order valence-electron chi connectivity index (χ0n) is 19.1. The maximum atomic E-state index is 11.1. The van der Waals surface area contributed by atoms with Crippen LogP contribution in [-0.2, 0) is 11.3 Å². The van der Waals surface area contributed by atoms with Crippen LogP contribution in [0.15, 0.2) is 29.3 Å². The molecular weight excluding hydrogens is 539 g/mol. The van der Waals surface area contributed by atoms with Gasteiger partial charge in [-0.15, -0.1) is 24.0 Å². The van der Waals surface area contributed by atoms with Gasteiger partial charge in [-0.2, -0.15) is 0 Å². The Labute approximate surface area is 214 Å². The summed E-state index contributed by atoms with van der Waals surface area (Å²) in [6.07, 6.45) is 4.33. The molecule has 1 aromatic rings. The second-order valence-corrected chi connectivity index (χ2v) is 9.10. The molecule has 9 heteroatoms. The molecule has 0 spiro atoms. The summed E-state index contributed by atoms with van der Waals surface area (Å²) in [4.78, 5) is 20.6. The number of hydrogen-bond acceptors (Lipinski definition) is 4. The monoisotopic (exact) mass is 576 g/mol. The standard InChI is InChI=1S/C23H37ClN6O.HI/c1-2-26-23(28-20-9-13-30(14-10-20)17-22(25)31)27-15-18-7-11-29(12-8-18)16-19-5-3-4-6-21(19)24;/h3-6,18,20H,2,7-17H2,1H3,(H2,25,31)(H2,26,27,28);1H. The summed E-state index contributed by atoms with van der Waals surface area (Å²) in [5, 5.41) is 7.83. The normalized spacial score (nSPS) is 19.4. The zero-order valence-corrected chi connectivity index (χ0v) is 22.1. The van der Waals surface area contributed by atoms with Gasteiger partial charge in [0.1, 0.15) is 0 Å². The number of amides is 1. The second-order valence-electron chi connectivity index (χ2n) is 8.69. The molecule has 2 aliphatic rings. The van der Waals surface area contributed by atoms with E-state index < -0.39 is 0 Å². The molecule has 3 rings (SSSR count). The van der Waals surface area contributed by atoms with E-state index in [1.54, 1.807) is 0 Å². The number of piperidine rings is 2. The number of halogens is 2. The Balaban J connectivity index is 0.00000363. The predicted molar refractivity (Wildman–Crippen MR) is 143 cm³/mol. The van der Waals surface area contributed by atoms with E-state index in [4.69, 9.17) is 22.3 Å². The molecule has 7 nitrogen and oxygen atoms in total. The molecule has 4 N–H and O–H groups in total. The molecule has 0 atom stereocenters. The fourth-order valence-corrected chi connectivity index (χ4v) is 4.58. The average molecular weight is 577 g/mol. The number of benzene rings is 1. The molecule has 1 aromatic carbocycles. The predicted octanol–water partition coefficient (Wildman–Crippen LogP) is 2.67. The van der Waals surface area contributed by atoms with Crippen molar-refractivity contribution in [2.24, 2.45) is 16.6 Å². The van der Waals surface area contributed by atoms with Crippen molar-refractivity contribution >= 4 is 47.4 Å². The van der Waals surface area contributed by atoms with Crippen LogP contribution in [0.2, 0.25) is 5.02 Å². The molecule has 0 saturated carbocycles. The van der Waals surface area contributed by atoms with E-state index in [1.165, 1.54) is 18.4 Å². The first-order valence-corrected chi connectivity index (χ1v) is 11.9. The Kier molecular flexibility index (Phi) is 12.1. The van der Waals surface area contributed by atoms with E-state index in [-0.39, 0.29) is 29.9 Å². The minimum Gasteiger partial charge on any atom is -0.369 e. The summed E-state index contributed by atoms with van der Waals surface area (Å²) >= 11 is 6.31. The number of rotatable bonds is 8. The van der Waals surface area contributed by atoms with Crippen molar-refractivity contribution in [1.29, 1.82) is 0 Å². The third kappa shape index (κ3) is 9.03. The van der Waals surface area contributed by atoms with Crippen molar-refractivity contribution in [2.45, 2.75) is 45.2 Å². The molecule has 0 aliphatic carbocycles. The van der Waals surface area contributed by atoms with E-state index in [0.29, 0.717) is 18.5 Å². The van der Waals surface area contributed by atoms with Crippen molar-refractivity contribution in [1.82, 2.24) is 20.4 Å². The van der Waals surface area contributed by atoms with Gasteiger partial charge in [-0.3, -0.25) is 19.6 Å². The first-order chi connectivity index (χ1) is 15.0. The van der Waals surface area contributed by atoms with Crippen molar-refractivity contribution in [3.63, 3.8) is 0 Å². The summed E-state index contributed by atoms with van der Waals surface area (Å²) < 4.78 is 0. The molecule has 32 heavy (non-hydrogen) atoms. The van der Waals surface area contributed by atoms with Gasteiger partial charge in [-0.1, -0.05) is 29.8 Å². The van der Waals surface area contributed by atoms with Gasteiger partial charge < -0.3 is 16.4 Å². The van der Waals surface area contributed by atoms with Crippen LogP contribution in [-0.4, -0.2) is 73.5 Å². The van der Waals surface area contributed by atoms with E-state index in [1.807, 2.05) is 12.1 Å². The van der Waals surface area contributed by atoms with Gasteiger partial charge in [-0.25, -0.2) is 0 Å². The first kappa shape index (κ1) is 27.1. The maximum absolute atomic E-state index is 11.1. The van der Waals surface area contributed by atoms with E-state index in [0.717, 1.165) is 69.6 Å². The number of aliphatic imine (C=N–C) groups is 1. The van der Waals surface area contributed by atoms with Crippen molar-refractivity contribution in [2.75, 3.05) is 45.8 Å². The molecule has 2 aliphatic heterocycles. The largest absolute Gasteiger partial charge is 0.369 e. The summed E-state index contributed by atoms with van der Waals surface area (Å²) in [7, 11) is 0. The van der Waals surface area contributed by atoms with Crippen LogP contribution in [0.4, 0.5) is 0 Å². The number of nitrogens with one attached hydrogen (secondary N) is 2. The van der Waals surface area contributed by atoms with Crippen LogP contribution in [0, 0.1) is 5.92 Å². The van der Waals surface area contributed by atoms with Gasteiger partial charge in [0.15, 0.2) is 5.96 Å². The molecule has 0 aromatic heterocycles. The van der Waals surface area contributed by atoms with E-state index >= 15 is 0 Å². The lowest BCUT2D eigenvalue weighted by atomic mass is 9.96. The van der Waals surface area contributed by atoms with Gasteiger partial charge >= 0.3 is 0 Å². The smallest absolute Gasteiger partial charge is 0.231 e. The van der Waals surface area contributed by atoms with E-state index in [2.05, 4.69) is 39.5 Å². The van der Waals surface area contributed by atoms with Crippen LogP contribution in [0.25, 0.3) is 0 Å². The molecule has 0 unspecified atom stereocenters. The number of nitrogens with two attached hydrogens (primary N) is 1. The zero-order chi connectivity index (χ0) is 22.1. The van der Waals surface area contributed by atoms with Gasteiger partial charge in [0.05, 0.1) is 6.54 Å². The molecule has 180 valence electrons. The molecule has 2 heterocycles. The van der Waals surface area contributed by atoms with Crippen molar-refractivity contribution in [3.8, 4) is 0 Å². The fourth-order valence-electron chi connectivity index (χ4n) is 4.38. The van der Waals surface area contributed by atoms with Crippen LogP contribution in [0.3, 0.4) is 0 Å². The van der Waals surface area contributed by atoms with E-state index in [9.17, 15) is 4.79 Å². The highest BCUT2D eigenvalue weighted by atomic mass is 127. The Morgan fingerprint density at radius 1 is 1.12 bits per heavy atom. The van der Waals surface area contributed by atoms with Gasteiger partial charge in [0.25, 0.3) is 0 Å². The molecular formula is C23H38ClIN6O. The minimum atomic E-state index is -0.251. The number of guanidine groups is 1. The van der Waals surface area contributed by atoms with Crippen LogP contribution < -0.4 is 16.4 Å². The lowest BCUT2D eigenvalue weighted by Crippen LogP contribution is -2.50. The maximum Gasteiger partial charge on any atom is 0.231 e. The Hall–Kier alpha value is -1.10. The third-order valence-corrected chi connectivity index (χ3v) is 6.59. The Morgan fingerprint density at radius 3 is 2.41 bits per heavy atom. The number of primary amides is 1. The van der Waals surface area contributed by atoms with Crippen LogP contribution in [0.1, 0.15) is 38.2 Å². The number of carbonyl (C=O) groups excluding carboxylic acids is 1. The summed E-state index contributed by atoms with van der Waals surface area (Å²) in [6, 6.07) is 8.51. The Bertz CT molecular complexity index is 733. The SMILES string of the molecule is CCNC(=NCC1CCN(Cc2ccccc2Cl)CC1)NC1CCN(CC(N)=O)CC1.I. The quantitative estimate of drug-likeness (QED) is 0.252. The number of carbonyl (C=O) groups is 1. The van der Waals surface area contributed by atoms with Crippen LogP contribution in [0.5, 0.6) is 0 Å². The molecule has 0 bridgehead atoms. The number of nitrogens with zero attached hydrogens (tertiary/aromatic N) is 3. The first-order valence-electron chi connectivity index (χ1n) is 11.5. The average Bonchev–Trinajstić information content (AvgIpc) is 2.76. The highest BCUT2D eigenvalue weighted by Gasteiger charge is 2.22. The molecule has 2 saturated heterocycles. The topological polar surface area (TPSA) is 86.0 Å². The summed E-state index contributed by atoms with van der Waals surface area (Å²) in [5.41, 5.74) is 6.52. The lowest BCUT2D eigenvalue weighted by Gasteiger charge is -2.33. The molecule has 2 fully saturated rings. The number of likely N-dealkylation sites (tertiary alicyclic amines) is 2. The van der Waals surface area contributed by atoms with Crippen molar-refractivity contribution < 1.29 is 4.79 Å². The van der Waals surface area contributed by atoms with Crippen LogP contribution >= 0.6 is 35.6 Å². The highest BCUT2D eigenvalue weighted by molar-refractivity contribution is 14.0. The molecule has 0 radical (unpaired) electrons. The van der Waals surface area contributed by atoms with Gasteiger partial charge in [0.2, 0.25) is 5.91 Å². The fraction of sp³-hybridized carbons (Fsp3) is 0.652. The summed E-state index contributed by atoms with van der Waals surface area (Å²) in [5.74, 6) is 1.28. The summed E-state index contributed by atoms with van der Waals surface area (Å²) in [6.45, 7) is 9.05. The van der Waals surface area contributed by atoms with Crippen molar-refractivity contribution in [3.05, 3.63) is 34.9 Å². The number of hydrogen-bond donors (Lipinski definition) is 3. The third-order valence-electron chi connectivity index (χ3n) is 6.22. The second kappa shape index (κ2) is 14.2. The van der Waals surface area contributed by atoms with Gasteiger partial charge in [-0.05, 0) is 63.2 Å². The van der Waals surface area contributed by atoms with Gasteiger partial charge in [0, 0.05) is 43.8 Å². The molecule has 1 amide bonds. The minimum absolute atomic E-state index is 0. The highest BCUT2D eigenvalue weighted by Crippen LogP contribution is 2.22. The lowest BCUT2D eigenvalue weighted by molar-refractivity contribution is -0.119.